The highest BCUT2D eigenvalue weighted by Gasteiger charge is 2.28. The maximum absolute atomic E-state index is 2.66. The first-order chi connectivity index (χ1) is 6.02. The average molecular weight is 183 g/mol. The summed E-state index contributed by atoms with van der Waals surface area (Å²) in [6.45, 7) is 13.0. The lowest BCUT2D eigenvalue weighted by atomic mass is 9.85. The highest BCUT2D eigenvalue weighted by Crippen LogP contribution is 2.28. The lowest BCUT2D eigenvalue weighted by molar-refractivity contribution is 0.0691. The van der Waals surface area contributed by atoms with Gasteiger partial charge in [0.05, 0.1) is 0 Å². The third-order valence-corrected chi connectivity index (χ3v) is 3.57. The van der Waals surface area contributed by atoms with Crippen molar-refractivity contribution in [2.75, 3.05) is 6.54 Å². The Balaban J connectivity index is 2.53. The molecule has 1 aliphatic rings. The van der Waals surface area contributed by atoms with Gasteiger partial charge >= 0.3 is 0 Å². The molecular formula is C12H25N. The van der Waals surface area contributed by atoms with E-state index < -0.39 is 0 Å². The summed E-state index contributed by atoms with van der Waals surface area (Å²) in [5.74, 6) is 1.78. The molecule has 1 fully saturated rings. The van der Waals surface area contributed by atoms with Gasteiger partial charge in [0.15, 0.2) is 0 Å². The standard InChI is InChI=1S/C12H25N/c1-9(2)12-7-6-11(5)13(8-12)10(3)4/h9-12H,6-8H2,1-5H3/t11-,12+/m0/s1. The zero-order chi connectivity index (χ0) is 10.0. The molecule has 1 aliphatic heterocycles. The molecule has 0 radical (unpaired) electrons. The second kappa shape index (κ2) is 4.45. The van der Waals surface area contributed by atoms with Crippen LogP contribution in [0.25, 0.3) is 0 Å². The van der Waals surface area contributed by atoms with Crippen molar-refractivity contribution >= 4 is 0 Å². The molecule has 0 aromatic heterocycles. The third-order valence-electron chi connectivity index (χ3n) is 3.57. The van der Waals surface area contributed by atoms with E-state index in [1.807, 2.05) is 0 Å². The largest absolute Gasteiger partial charge is 0.298 e. The van der Waals surface area contributed by atoms with E-state index in [0.29, 0.717) is 0 Å². The number of nitrogens with zero attached hydrogens (tertiary/aromatic N) is 1. The fourth-order valence-corrected chi connectivity index (χ4v) is 2.43. The van der Waals surface area contributed by atoms with Crippen LogP contribution in [0.15, 0.2) is 0 Å². The molecule has 0 amide bonds. The van der Waals surface area contributed by atoms with Crippen LogP contribution in [0.2, 0.25) is 0 Å². The van der Waals surface area contributed by atoms with Gasteiger partial charge in [-0.25, -0.2) is 0 Å². The number of piperidine rings is 1. The molecule has 2 atom stereocenters. The molecule has 13 heavy (non-hydrogen) atoms. The van der Waals surface area contributed by atoms with Crippen LogP contribution < -0.4 is 0 Å². The van der Waals surface area contributed by atoms with Crippen LogP contribution in [-0.2, 0) is 0 Å². The predicted octanol–water partition coefficient (Wildman–Crippen LogP) is 3.15. The summed E-state index contributed by atoms with van der Waals surface area (Å²) >= 11 is 0. The minimum absolute atomic E-state index is 0.719. The molecule has 0 bridgehead atoms. The van der Waals surface area contributed by atoms with Crippen molar-refractivity contribution in [3.05, 3.63) is 0 Å². The molecule has 0 aliphatic carbocycles. The van der Waals surface area contributed by atoms with Crippen molar-refractivity contribution in [2.24, 2.45) is 11.8 Å². The summed E-state index contributed by atoms with van der Waals surface area (Å²) in [6, 6.07) is 1.52. The molecule has 0 spiro atoms. The van der Waals surface area contributed by atoms with E-state index in [0.717, 1.165) is 23.9 Å². The van der Waals surface area contributed by atoms with Crippen LogP contribution in [0, 0.1) is 11.8 Å². The number of hydrogen-bond acceptors (Lipinski definition) is 1. The maximum Gasteiger partial charge on any atom is 0.00698 e. The van der Waals surface area contributed by atoms with Crippen molar-refractivity contribution in [2.45, 2.75) is 59.5 Å². The highest BCUT2D eigenvalue weighted by molar-refractivity contribution is 4.82. The van der Waals surface area contributed by atoms with Crippen molar-refractivity contribution in [3.8, 4) is 0 Å². The molecule has 1 heteroatoms. The van der Waals surface area contributed by atoms with Gasteiger partial charge in [0.2, 0.25) is 0 Å². The zero-order valence-electron chi connectivity index (χ0n) is 9.88. The topological polar surface area (TPSA) is 3.24 Å². The summed E-state index contributed by atoms with van der Waals surface area (Å²) in [5.41, 5.74) is 0. The number of hydrogen-bond donors (Lipinski definition) is 0. The van der Waals surface area contributed by atoms with E-state index >= 15 is 0 Å². The Morgan fingerprint density at radius 3 is 2.15 bits per heavy atom. The highest BCUT2D eigenvalue weighted by atomic mass is 15.2. The summed E-state index contributed by atoms with van der Waals surface area (Å²) in [7, 11) is 0. The Morgan fingerprint density at radius 1 is 1.08 bits per heavy atom. The van der Waals surface area contributed by atoms with Gasteiger partial charge in [-0.15, -0.1) is 0 Å². The molecular weight excluding hydrogens is 158 g/mol. The SMILES string of the molecule is CC(C)[C@@H]1CC[C@H](C)N(C(C)C)C1. The molecule has 0 N–H and O–H groups in total. The normalized spacial score (nSPS) is 31.6. The van der Waals surface area contributed by atoms with Crippen LogP contribution in [0.4, 0.5) is 0 Å². The lowest BCUT2D eigenvalue weighted by Crippen LogP contribution is -2.46. The van der Waals surface area contributed by atoms with Gasteiger partial charge in [0, 0.05) is 18.6 Å². The number of likely N-dealkylation sites (tertiary alicyclic amines) is 1. The van der Waals surface area contributed by atoms with Gasteiger partial charge in [-0.1, -0.05) is 13.8 Å². The summed E-state index contributed by atoms with van der Waals surface area (Å²) in [4.78, 5) is 2.66. The second-order valence-corrected chi connectivity index (χ2v) is 5.22. The Morgan fingerprint density at radius 2 is 1.69 bits per heavy atom. The molecule has 78 valence electrons. The first kappa shape index (κ1) is 11.0. The average Bonchev–Trinajstić information content (AvgIpc) is 2.04. The van der Waals surface area contributed by atoms with Crippen LogP contribution in [0.3, 0.4) is 0 Å². The molecule has 0 aromatic carbocycles. The van der Waals surface area contributed by atoms with Crippen LogP contribution in [0.5, 0.6) is 0 Å². The molecule has 1 rings (SSSR count). The summed E-state index contributed by atoms with van der Waals surface area (Å²) < 4.78 is 0. The molecule has 0 saturated carbocycles. The van der Waals surface area contributed by atoms with E-state index in [1.54, 1.807) is 0 Å². The zero-order valence-corrected chi connectivity index (χ0v) is 9.88. The molecule has 1 heterocycles. The fraction of sp³-hybridized carbons (Fsp3) is 1.00. The van der Waals surface area contributed by atoms with Gasteiger partial charge in [-0.05, 0) is 45.4 Å². The van der Waals surface area contributed by atoms with Crippen molar-refractivity contribution < 1.29 is 0 Å². The van der Waals surface area contributed by atoms with E-state index in [2.05, 4.69) is 39.5 Å². The Bertz CT molecular complexity index is 151. The monoisotopic (exact) mass is 183 g/mol. The van der Waals surface area contributed by atoms with Crippen molar-refractivity contribution in [1.29, 1.82) is 0 Å². The Hall–Kier alpha value is -0.0400. The first-order valence-corrected chi connectivity index (χ1v) is 5.78. The van der Waals surface area contributed by atoms with Crippen LogP contribution in [0.1, 0.15) is 47.5 Å². The smallest absolute Gasteiger partial charge is 0.00698 e. The maximum atomic E-state index is 2.66. The van der Waals surface area contributed by atoms with E-state index in [-0.39, 0.29) is 0 Å². The summed E-state index contributed by atoms with van der Waals surface area (Å²) in [5, 5.41) is 0. The molecule has 0 aromatic rings. The Labute approximate surface area is 83.5 Å². The van der Waals surface area contributed by atoms with E-state index in [9.17, 15) is 0 Å². The van der Waals surface area contributed by atoms with Crippen LogP contribution in [-0.4, -0.2) is 23.5 Å². The van der Waals surface area contributed by atoms with Gasteiger partial charge in [-0.3, -0.25) is 4.90 Å². The van der Waals surface area contributed by atoms with Gasteiger partial charge in [0.1, 0.15) is 0 Å². The molecule has 0 unspecified atom stereocenters. The number of rotatable bonds is 2. The van der Waals surface area contributed by atoms with Gasteiger partial charge < -0.3 is 0 Å². The Kier molecular flexibility index (Phi) is 3.78. The van der Waals surface area contributed by atoms with Gasteiger partial charge in [0.25, 0.3) is 0 Å². The van der Waals surface area contributed by atoms with Gasteiger partial charge in [-0.2, -0.15) is 0 Å². The van der Waals surface area contributed by atoms with Crippen molar-refractivity contribution in [1.82, 2.24) is 4.90 Å². The van der Waals surface area contributed by atoms with Crippen molar-refractivity contribution in [3.63, 3.8) is 0 Å². The lowest BCUT2D eigenvalue weighted by Gasteiger charge is -2.42. The van der Waals surface area contributed by atoms with E-state index in [1.165, 1.54) is 19.4 Å². The summed E-state index contributed by atoms with van der Waals surface area (Å²) in [6.07, 6.45) is 2.82. The van der Waals surface area contributed by atoms with Crippen LogP contribution >= 0.6 is 0 Å². The first-order valence-electron chi connectivity index (χ1n) is 5.78. The van der Waals surface area contributed by atoms with E-state index in [4.69, 9.17) is 0 Å². The fourth-order valence-electron chi connectivity index (χ4n) is 2.43. The quantitative estimate of drug-likeness (QED) is 0.635. The second-order valence-electron chi connectivity index (χ2n) is 5.22. The third kappa shape index (κ3) is 2.70. The molecule has 1 nitrogen and oxygen atoms in total. The predicted molar refractivity (Wildman–Crippen MR) is 58.9 cm³/mol. The minimum atomic E-state index is 0.719. The molecule has 1 saturated heterocycles. The minimum Gasteiger partial charge on any atom is -0.298 e.